The van der Waals surface area contributed by atoms with E-state index in [1.165, 1.54) is 24.8 Å². The summed E-state index contributed by atoms with van der Waals surface area (Å²) in [5.74, 6) is 1.25. The van der Waals surface area contributed by atoms with Gasteiger partial charge in [0.1, 0.15) is 17.3 Å². The second-order valence-electron chi connectivity index (χ2n) is 10.7. The molecule has 2 aliphatic heterocycles. The molecular weight excluding hydrogens is 469 g/mol. The Morgan fingerprint density at radius 2 is 1.78 bits per heavy atom. The second kappa shape index (κ2) is 9.11. The zero-order valence-corrected chi connectivity index (χ0v) is 21.7. The smallest absolute Gasteiger partial charge is 0.229 e. The predicted molar refractivity (Wildman–Crippen MR) is 141 cm³/mol. The van der Waals surface area contributed by atoms with Crippen LogP contribution in [0, 0.1) is 18.2 Å². The average Bonchev–Trinajstić information content (AvgIpc) is 3.17. The highest BCUT2D eigenvalue weighted by Gasteiger charge is 2.50. The van der Waals surface area contributed by atoms with Gasteiger partial charge >= 0.3 is 0 Å². The molecule has 0 saturated carbocycles. The summed E-state index contributed by atoms with van der Waals surface area (Å²) in [6.07, 6.45) is 4.66. The van der Waals surface area contributed by atoms with Crippen LogP contribution < -0.4 is 5.32 Å². The van der Waals surface area contributed by atoms with Crippen molar-refractivity contribution in [3.63, 3.8) is 0 Å². The minimum atomic E-state index is -0.511. The third kappa shape index (κ3) is 4.44. The van der Waals surface area contributed by atoms with Gasteiger partial charge in [-0.15, -0.1) is 0 Å². The first-order valence-corrected chi connectivity index (χ1v) is 12.9. The van der Waals surface area contributed by atoms with Crippen molar-refractivity contribution in [2.75, 3.05) is 38.0 Å². The maximum atomic E-state index is 14.8. The van der Waals surface area contributed by atoms with Crippen molar-refractivity contribution in [2.45, 2.75) is 40.3 Å². The van der Waals surface area contributed by atoms with Crippen molar-refractivity contribution in [3.05, 3.63) is 54.0 Å². The molecule has 10 heteroatoms. The molecule has 4 aromatic heterocycles. The Morgan fingerprint density at radius 1 is 1.00 bits per heavy atom. The quantitative estimate of drug-likeness (QED) is 0.403. The third-order valence-corrected chi connectivity index (χ3v) is 7.41. The van der Waals surface area contributed by atoms with E-state index in [2.05, 4.69) is 71.4 Å². The zero-order valence-electron chi connectivity index (χ0n) is 21.7. The van der Waals surface area contributed by atoms with E-state index in [9.17, 15) is 4.39 Å². The normalized spacial score (nSPS) is 17.4. The summed E-state index contributed by atoms with van der Waals surface area (Å²) < 4.78 is 16.9. The van der Waals surface area contributed by atoms with Crippen molar-refractivity contribution >= 4 is 22.9 Å². The molecule has 0 bridgehead atoms. The molecule has 2 fully saturated rings. The Kier molecular flexibility index (Phi) is 5.88. The lowest BCUT2D eigenvalue weighted by Crippen LogP contribution is -2.71. The maximum Gasteiger partial charge on any atom is 0.229 e. The lowest BCUT2D eigenvalue weighted by Gasteiger charge is -2.60. The summed E-state index contributed by atoms with van der Waals surface area (Å²) >= 11 is 0. The predicted octanol–water partition coefficient (Wildman–Crippen LogP) is 4.19. The molecule has 0 amide bonds. The fourth-order valence-electron chi connectivity index (χ4n) is 5.81. The molecule has 6 heterocycles. The number of nitrogens with one attached hydrogen (secondary N) is 1. The number of hydrogen-bond donors (Lipinski definition) is 1. The van der Waals surface area contributed by atoms with E-state index in [0.717, 1.165) is 37.5 Å². The first-order valence-electron chi connectivity index (χ1n) is 12.9. The highest BCUT2D eigenvalue weighted by Crippen LogP contribution is 2.40. The van der Waals surface area contributed by atoms with E-state index in [-0.39, 0.29) is 17.7 Å². The van der Waals surface area contributed by atoms with Gasteiger partial charge in [-0.2, -0.15) is 0 Å². The number of imidazole rings is 1. The number of aryl methyl sites for hydroxylation is 1. The molecule has 0 aliphatic carbocycles. The molecule has 2 aliphatic rings. The lowest BCUT2D eigenvalue weighted by molar-refractivity contribution is -0.116. The van der Waals surface area contributed by atoms with Gasteiger partial charge < -0.3 is 14.8 Å². The monoisotopic (exact) mass is 501 g/mol. The van der Waals surface area contributed by atoms with Crippen LogP contribution in [0.2, 0.25) is 0 Å². The number of halogens is 1. The molecular formula is C27H32FN9. The van der Waals surface area contributed by atoms with Crippen molar-refractivity contribution in [1.82, 2.24) is 39.3 Å². The molecule has 0 atom stereocenters. The number of anilines is 2. The molecule has 4 aromatic rings. The van der Waals surface area contributed by atoms with Crippen LogP contribution in [0.1, 0.15) is 38.2 Å². The van der Waals surface area contributed by atoms with Crippen molar-refractivity contribution < 1.29 is 4.39 Å². The van der Waals surface area contributed by atoms with Crippen LogP contribution in [-0.2, 0) is 6.54 Å². The van der Waals surface area contributed by atoms with Gasteiger partial charge in [0.25, 0.3) is 0 Å². The summed E-state index contributed by atoms with van der Waals surface area (Å²) in [7, 11) is 0. The van der Waals surface area contributed by atoms with Crippen LogP contribution in [-0.4, -0.2) is 72.0 Å². The Hall–Kier alpha value is -3.50. The minimum absolute atomic E-state index is 0.182. The van der Waals surface area contributed by atoms with Crippen molar-refractivity contribution in [2.24, 2.45) is 5.41 Å². The maximum absolute atomic E-state index is 14.8. The highest BCUT2D eigenvalue weighted by atomic mass is 19.1. The molecule has 192 valence electrons. The Balaban J connectivity index is 1.15. The molecule has 0 aromatic carbocycles. The van der Waals surface area contributed by atoms with Crippen LogP contribution in [0.5, 0.6) is 0 Å². The van der Waals surface area contributed by atoms with Crippen molar-refractivity contribution in [1.29, 1.82) is 0 Å². The van der Waals surface area contributed by atoms with Crippen LogP contribution in [0.15, 0.2) is 36.8 Å². The van der Waals surface area contributed by atoms with Crippen LogP contribution in [0.25, 0.3) is 22.4 Å². The van der Waals surface area contributed by atoms with E-state index >= 15 is 0 Å². The molecule has 0 unspecified atom stereocenters. The van der Waals surface area contributed by atoms with E-state index in [0.29, 0.717) is 22.4 Å². The van der Waals surface area contributed by atoms with E-state index < -0.39 is 5.82 Å². The van der Waals surface area contributed by atoms with Gasteiger partial charge in [0.2, 0.25) is 5.95 Å². The Labute approximate surface area is 215 Å². The van der Waals surface area contributed by atoms with E-state index in [1.807, 2.05) is 25.3 Å². The number of hydrogen-bond acceptors (Lipinski definition) is 8. The number of pyridine rings is 2. The fourth-order valence-corrected chi connectivity index (χ4v) is 5.81. The van der Waals surface area contributed by atoms with Gasteiger partial charge in [0.05, 0.1) is 11.7 Å². The fraction of sp³-hybridized carbons (Fsp3) is 0.444. The zero-order chi connectivity index (χ0) is 25.7. The van der Waals surface area contributed by atoms with Crippen LogP contribution in [0.3, 0.4) is 0 Å². The SMILES string of the molecule is CCN1CC2(C1)CN(Cc1ccc(Nc3ncc(F)c(-c4cnc5nc(C)n(C(C)C)c5c4)n3)nc1)C2. The first-order chi connectivity index (χ1) is 17.8. The minimum Gasteiger partial charge on any atom is -0.324 e. The standard InChI is InChI=1S/C27H32FN9/c1-5-35-13-27(14-35)15-36(16-27)12-19-6-7-23(29-9-19)33-26-31-11-21(28)24(34-26)20-8-22-25(30-10-20)32-18(4)37(22)17(2)3/h6-11,17H,5,12-16H2,1-4H3,(H,29,31,33,34). The molecule has 1 N–H and O–H groups in total. The Morgan fingerprint density at radius 3 is 2.49 bits per heavy atom. The molecule has 37 heavy (non-hydrogen) atoms. The van der Waals surface area contributed by atoms with Gasteiger partial charge in [0.15, 0.2) is 11.5 Å². The summed E-state index contributed by atoms with van der Waals surface area (Å²) in [6, 6.07) is 6.07. The molecule has 1 spiro atoms. The molecule has 6 rings (SSSR count). The Bertz CT molecular complexity index is 1430. The number of aromatic nitrogens is 6. The largest absolute Gasteiger partial charge is 0.324 e. The van der Waals surface area contributed by atoms with E-state index in [4.69, 9.17) is 0 Å². The number of fused-ring (bicyclic) bond motifs is 1. The van der Waals surface area contributed by atoms with Gasteiger partial charge in [-0.05, 0) is 45.0 Å². The number of nitrogens with zero attached hydrogens (tertiary/aromatic N) is 8. The molecule has 0 radical (unpaired) electrons. The van der Waals surface area contributed by atoms with Crippen LogP contribution >= 0.6 is 0 Å². The van der Waals surface area contributed by atoms with Gasteiger partial charge in [-0.3, -0.25) is 4.90 Å². The first kappa shape index (κ1) is 23.9. The average molecular weight is 502 g/mol. The number of rotatable bonds is 7. The number of likely N-dealkylation sites (tertiary alicyclic amines) is 2. The third-order valence-electron chi connectivity index (χ3n) is 7.41. The van der Waals surface area contributed by atoms with E-state index in [1.54, 1.807) is 6.20 Å². The lowest BCUT2D eigenvalue weighted by atomic mass is 9.73. The summed E-state index contributed by atoms with van der Waals surface area (Å²) in [6.45, 7) is 15.2. The molecule has 2 saturated heterocycles. The summed E-state index contributed by atoms with van der Waals surface area (Å²) in [4.78, 5) is 27.0. The van der Waals surface area contributed by atoms with Gasteiger partial charge in [0, 0.05) is 62.1 Å². The van der Waals surface area contributed by atoms with Crippen LogP contribution in [0.4, 0.5) is 16.2 Å². The topological polar surface area (TPSA) is 87.9 Å². The summed E-state index contributed by atoms with van der Waals surface area (Å²) in [5, 5.41) is 3.11. The molecule has 9 nitrogen and oxygen atoms in total. The second-order valence-corrected chi connectivity index (χ2v) is 10.7. The highest BCUT2D eigenvalue weighted by molar-refractivity contribution is 5.78. The van der Waals surface area contributed by atoms with Gasteiger partial charge in [-0.25, -0.2) is 29.3 Å². The van der Waals surface area contributed by atoms with Gasteiger partial charge in [-0.1, -0.05) is 13.0 Å². The van der Waals surface area contributed by atoms with Crippen molar-refractivity contribution in [3.8, 4) is 11.3 Å². The summed E-state index contributed by atoms with van der Waals surface area (Å²) in [5.41, 5.74) is 3.93.